The predicted molar refractivity (Wildman–Crippen MR) is 87.5 cm³/mol. The Morgan fingerprint density at radius 3 is 1.67 bits per heavy atom. The summed E-state index contributed by atoms with van der Waals surface area (Å²) in [4.78, 5) is 28.9. The van der Waals surface area contributed by atoms with Crippen molar-refractivity contribution >= 4 is 11.8 Å². The van der Waals surface area contributed by atoms with E-state index in [1.54, 1.807) is 0 Å². The number of allylic oxidation sites excluding steroid dienone is 2. The molecular formula is C21H25NO2. The fourth-order valence-electron chi connectivity index (χ4n) is 8.88. The highest BCUT2D eigenvalue weighted by atomic mass is 16.2. The lowest BCUT2D eigenvalue weighted by Gasteiger charge is -2.59. The summed E-state index contributed by atoms with van der Waals surface area (Å²) in [6, 6.07) is 0. The van der Waals surface area contributed by atoms with E-state index in [2.05, 4.69) is 12.2 Å². The lowest BCUT2D eigenvalue weighted by molar-refractivity contribution is -0.160. The van der Waals surface area contributed by atoms with Crippen LogP contribution in [0.15, 0.2) is 12.2 Å². The van der Waals surface area contributed by atoms with Gasteiger partial charge in [-0.25, -0.2) is 0 Å². The highest BCUT2D eigenvalue weighted by Gasteiger charge is 2.75. The lowest BCUT2D eigenvalue weighted by atomic mass is 9.52. The molecule has 7 fully saturated rings. The Hall–Kier alpha value is -1.12. The van der Waals surface area contributed by atoms with Gasteiger partial charge in [0.25, 0.3) is 0 Å². The smallest absolute Gasteiger partial charge is 0.234 e. The number of hydrogen-bond acceptors (Lipinski definition) is 2. The third kappa shape index (κ3) is 1.23. The molecular weight excluding hydrogens is 298 g/mol. The van der Waals surface area contributed by atoms with Gasteiger partial charge in [-0.05, 0) is 86.4 Å². The minimum Gasteiger partial charge on any atom is -0.276 e. The largest absolute Gasteiger partial charge is 0.276 e. The molecule has 8 rings (SSSR count). The van der Waals surface area contributed by atoms with E-state index in [4.69, 9.17) is 0 Å². The van der Waals surface area contributed by atoms with Gasteiger partial charge in [-0.15, -0.1) is 0 Å². The third-order valence-electron chi connectivity index (χ3n) is 9.33. The summed E-state index contributed by atoms with van der Waals surface area (Å²) in [5.41, 5.74) is 0.248. The van der Waals surface area contributed by atoms with Crippen LogP contribution in [0.3, 0.4) is 0 Å². The van der Waals surface area contributed by atoms with Gasteiger partial charge in [-0.3, -0.25) is 14.5 Å². The van der Waals surface area contributed by atoms with E-state index in [9.17, 15) is 9.59 Å². The van der Waals surface area contributed by atoms with E-state index < -0.39 is 0 Å². The van der Waals surface area contributed by atoms with Crippen LogP contribution in [0.4, 0.5) is 0 Å². The molecule has 0 aromatic heterocycles. The van der Waals surface area contributed by atoms with Crippen molar-refractivity contribution in [3.05, 3.63) is 12.2 Å². The second-order valence-corrected chi connectivity index (χ2v) is 10.4. The van der Waals surface area contributed by atoms with Gasteiger partial charge < -0.3 is 0 Å². The summed E-state index contributed by atoms with van der Waals surface area (Å²) < 4.78 is 0. The minimum atomic E-state index is -0.0799. The predicted octanol–water partition coefficient (Wildman–Crippen LogP) is 3.15. The van der Waals surface area contributed by atoms with Crippen LogP contribution in [0.2, 0.25) is 0 Å². The van der Waals surface area contributed by atoms with Gasteiger partial charge >= 0.3 is 0 Å². The number of likely N-dealkylation sites (tertiary alicyclic amines) is 1. The van der Waals surface area contributed by atoms with Crippen molar-refractivity contribution in [3.8, 4) is 0 Å². The molecule has 7 aliphatic carbocycles. The zero-order chi connectivity index (χ0) is 15.8. The first-order valence-electron chi connectivity index (χ1n) is 10.2. The van der Waals surface area contributed by atoms with Crippen molar-refractivity contribution < 1.29 is 9.59 Å². The Morgan fingerprint density at radius 1 is 0.792 bits per heavy atom. The van der Waals surface area contributed by atoms with Crippen LogP contribution >= 0.6 is 0 Å². The first-order valence-corrected chi connectivity index (χ1v) is 10.2. The van der Waals surface area contributed by atoms with Crippen LogP contribution in [0.25, 0.3) is 0 Å². The fraction of sp³-hybridized carbons (Fsp3) is 0.810. The van der Waals surface area contributed by atoms with Crippen molar-refractivity contribution in [3.63, 3.8) is 0 Å². The van der Waals surface area contributed by atoms with E-state index in [0.29, 0.717) is 17.3 Å². The summed E-state index contributed by atoms with van der Waals surface area (Å²) in [6.45, 7) is 0. The van der Waals surface area contributed by atoms with Gasteiger partial charge in [0.2, 0.25) is 11.8 Å². The molecule has 0 N–H and O–H groups in total. The second-order valence-electron chi connectivity index (χ2n) is 10.4. The summed E-state index contributed by atoms with van der Waals surface area (Å²) >= 11 is 0. The SMILES string of the molecule is O=C1[C@H]2[C@H](C(=O)N1C13CC4CC(CC(C4)C1)C3)[C@H]1C=C[C@H]2C12CC2. The van der Waals surface area contributed by atoms with Gasteiger partial charge in [-0.2, -0.15) is 0 Å². The maximum absolute atomic E-state index is 13.5. The van der Waals surface area contributed by atoms with Crippen molar-refractivity contribution in [2.75, 3.05) is 0 Å². The van der Waals surface area contributed by atoms with Crippen molar-refractivity contribution in [2.45, 2.75) is 56.9 Å². The zero-order valence-electron chi connectivity index (χ0n) is 14.1. The molecule has 1 aliphatic heterocycles. The number of nitrogens with zero attached hydrogens (tertiary/aromatic N) is 1. The van der Waals surface area contributed by atoms with Crippen LogP contribution in [0.5, 0.6) is 0 Å². The standard InChI is InChI=1S/C21H25NO2/c23-18-16-14-1-2-15(21(14)3-4-21)17(16)19(24)22(18)20-8-11-5-12(9-20)7-13(6-11)10-20/h1-2,11-17H,3-10H2/t11?,12?,13?,14-,15-,16-,17-,20?/m1/s1. The Kier molecular flexibility index (Phi) is 2.02. The highest BCUT2D eigenvalue weighted by Crippen LogP contribution is 2.74. The maximum atomic E-state index is 13.5. The van der Waals surface area contributed by atoms with Crippen LogP contribution in [0.1, 0.15) is 51.4 Å². The van der Waals surface area contributed by atoms with Crippen LogP contribution < -0.4 is 0 Å². The Balaban J connectivity index is 1.31. The Morgan fingerprint density at radius 2 is 1.25 bits per heavy atom. The fourth-order valence-corrected chi connectivity index (χ4v) is 8.88. The van der Waals surface area contributed by atoms with Gasteiger partial charge in [-0.1, -0.05) is 12.2 Å². The molecule has 8 aliphatic rings. The van der Waals surface area contributed by atoms with Gasteiger partial charge in [0.05, 0.1) is 17.4 Å². The summed E-state index contributed by atoms with van der Waals surface area (Å²) in [6.07, 6.45) is 14.5. The molecule has 2 amide bonds. The number of imide groups is 1. The van der Waals surface area contributed by atoms with Gasteiger partial charge in [0.1, 0.15) is 0 Å². The summed E-state index contributed by atoms with van der Waals surface area (Å²) in [5, 5.41) is 0. The lowest BCUT2D eigenvalue weighted by Crippen LogP contribution is -2.62. The van der Waals surface area contributed by atoms with Crippen molar-refractivity contribution in [1.82, 2.24) is 4.90 Å². The van der Waals surface area contributed by atoms with E-state index in [1.165, 1.54) is 32.1 Å². The molecule has 1 heterocycles. The summed E-state index contributed by atoms with van der Waals surface area (Å²) in [7, 11) is 0. The molecule has 4 atom stereocenters. The molecule has 3 nitrogen and oxygen atoms in total. The molecule has 1 spiro atoms. The number of amides is 2. The molecule has 24 heavy (non-hydrogen) atoms. The molecule has 6 saturated carbocycles. The van der Waals surface area contributed by atoms with Crippen molar-refractivity contribution in [1.29, 1.82) is 0 Å². The first kappa shape index (κ1) is 13.1. The van der Waals surface area contributed by atoms with Crippen LogP contribution in [-0.4, -0.2) is 22.3 Å². The molecule has 3 heteroatoms. The maximum Gasteiger partial charge on any atom is 0.234 e. The van der Waals surface area contributed by atoms with E-state index in [0.717, 1.165) is 37.0 Å². The average molecular weight is 323 g/mol. The minimum absolute atomic E-state index is 0.00278. The van der Waals surface area contributed by atoms with Crippen LogP contribution in [0, 0.1) is 46.8 Å². The molecule has 0 aromatic rings. The average Bonchev–Trinajstić information content (AvgIpc) is 3.10. The van der Waals surface area contributed by atoms with Crippen molar-refractivity contribution in [2.24, 2.45) is 46.8 Å². The Bertz CT molecular complexity index is 648. The Labute approximate surface area is 142 Å². The molecule has 0 radical (unpaired) electrons. The number of rotatable bonds is 1. The van der Waals surface area contributed by atoms with Gasteiger partial charge in [0.15, 0.2) is 0 Å². The third-order valence-corrected chi connectivity index (χ3v) is 9.33. The summed E-state index contributed by atoms with van der Waals surface area (Å²) in [5.74, 6) is 3.56. The number of fused-ring (bicyclic) bond motifs is 3. The molecule has 0 aromatic carbocycles. The topological polar surface area (TPSA) is 37.4 Å². The highest BCUT2D eigenvalue weighted by molar-refractivity contribution is 6.07. The van der Waals surface area contributed by atoms with Gasteiger partial charge in [0, 0.05) is 0 Å². The van der Waals surface area contributed by atoms with Crippen LogP contribution in [-0.2, 0) is 9.59 Å². The second kappa shape index (κ2) is 3.68. The molecule has 1 saturated heterocycles. The molecule has 0 unspecified atom stereocenters. The number of hydrogen-bond donors (Lipinski definition) is 0. The number of carbonyl (C=O) groups excluding carboxylic acids is 2. The normalized spacial score (nSPS) is 57.5. The quantitative estimate of drug-likeness (QED) is 0.549. The zero-order valence-corrected chi connectivity index (χ0v) is 14.1. The first-order chi connectivity index (χ1) is 11.6. The monoisotopic (exact) mass is 323 g/mol. The molecule has 126 valence electrons. The molecule has 6 bridgehead atoms. The number of carbonyl (C=O) groups is 2. The van der Waals surface area contributed by atoms with E-state index in [-0.39, 0.29) is 29.2 Å². The van der Waals surface area contributed by atoms with E-state index in [1.807, 2.05) is 4.90 Å². The van der Waals surface area contributed by atoms with E-state index >= 15 is 0 Å².